The van der Waals surface area contributed by atoms with Crippen molar-refractivity contribution in [3.05, 3.63) is 6.92 Å². The molecule has 2 N–H and O–H groups in total. The lowest BCUT2D eigenvalue weighted by molar-refractivity contribution is 0.146. The summed E-state index contributed by atoms with van der Waals surface area (Å²) < 4.78 is 0. The molecule has 1 unspecified atom stereocenters. The number of hydrogen-bond acceptors (Lipinski definition) is 2. The van der Waals surface area contributed by atoms with E-state index in [0.717, 1.165) is 0 Å². The molecule has 0 aromatic rings. The van der Waals surface area contributed by atoms with Crippen LogP contribution in [0.2, 0.25) is 0 Å². The van der Waals surface area contributed by atoms with Crippen molar-refractivity contribution in [1.29, 1.82) is 0 Å². The molecule has 0 saturated heterocycles. The molecule has 8 heavy (non-hydrogen) atoms. The minimum atomic E-state index is -0.657. The average molecular weight is 116 g/mol. The topological polar surface area (TPSA) is 32.3 Å². The Labute approximate surface area is 50.9 Å². The second kappa shape index (κ2) is 2.46. The van der Waals surface area contributed by atoms with Gasteiger partial charge in [-0.05, 0) is 27.7 Å². The van der Waals surface area contributed by atoms with Crippen LogP contribution in [0, 0.1) is 6.92 Å². The quantitative estimate of drug-likeness (QED) is 0.490. The number of aliphatic hydroxyl groups excluding tert-OH is 1. The number of aliphatic hydroxyl groups is 1. The Balaban J connectivity index is 3.39. The highest BCUT2D eigenvalue weighted by atomic mass is 16.3. The smallest absolute Gasteiger partial charge is 0.105 e. The molecule has 0 rings (SSSR count). The third-order valence-corrected chi connectivity index (χ3v) is 0.600. The van der Waals surface area contributed by atoms with E-state index < -0.39 is 6.23 Å². The largest absolute Gasteiger partial charge is 0.379 e. The Morgan fingerprint density at radius 2 is 1.88 bits per heavy atom. The Kier molecular flexibility index (Phi) is 2.44. The second-order valence-electron chi connectivity index (χ2n) is 2.91. The zero-order chi connectivity index (χ0) is 6.78. The molecule has 1 radical (unpaired) electrons. The normalized spacial score (nSPS) is 16.1. The van der Waals surface area contributed by atoms with Gasteiger partial charge in [-0.25, -0.2) is 0 Å². The zero-order valence-corrected chi connectivity index (χ0v) is 5.73. The van der Waals surface area contributed by atoms with Crippen LogP contribution >= 0.6 is 0 Å². The van der Waals surface area contributed by atoms with Crippen LogP contribution in [0.4, 0.5) is 0 Å². The predicted octanol–water partition coefficient (Wildman–Crippen LogP) is 0.527. The molecule has 0 amide bonds. The van der Waals surface area contributed by atoms with Gasteiger partial charge in [0.25, 0.3) is 0 Å². The minimum Gasteiger partial charge on any atom is -0.379 e. The van der Waals surface area contributed by atoms with Crippen molar-refractivity contribution in [3.8, 4) is 0 Å². The van der Waals surface area contributed by atoms with Crippen LogP contribution in [0.5, 0.6) is 0 Å². The van der Waals surface area contributed by atoms with E-state index in [-0.39, 0.29) is 5.54 Å². The number of nitrogens with one attached hydrogen (secondary N) is 1. The van der Waals surface area contributed by atoms with Crippen molar-refractivity contribution < 1.29 is 5.11 Å². The van der Waals surface area contributed by atoms with Crippen molar-refractivity contribution in [3.63, 3.8) is 0 Å². The molecule has 0 bridgehead atoms. The predicted molar refractivity (Wildman–Crippen MR) is 34.3 cm³/mol. The SMILES string of the molecule is [CH2]C(O)NC(C)(C)C. The van der Waals surface area contributed by atoms with Gasteiger partial charge in [-0.2, -0.15) is 0 Å². The van der Waals surface area contributed by atoms with Crippen molar-refractivity contribution in [2.24, 2.45) is 0 Å². The van der Waals surface area contributed by atoms with Crippen LogP contribution in [0.3, 0.4) is 0 Å². The Hall–Kier alpha value is -0.0800. The minimum absolute atomic E-state index is 0.0405. The first-order valence-corrected chi connectivity index (χ1v) is 2.71. The van der Waals surface area contributed by atoms with Gasteiger partial charge >= 0.3 is 0 Å². The first kappa shape index (κ1) is 7.92. The van der Waals surface area contributed by atoms with Crippen LogP contribution in [-0.2, 0) is 0 Å². The van der Waals surface area contributed by atoms with E-state index in [1.54, 1.807) is 0 Å². The van der Waals surface area contributed by atoms with Gasteiger partial charge < -0.3 is 5.11 Å². The first-order valence-electron chi connectivity index (χ1n) is 2.71. The van der Waals surface area contributed by atoms with Gasteiger partial charge in [-0.3, -0.25) is 5.32 Å². The monoisotopic (exact) mass is 116 g/mol. The Morgan fingerprint density at radius 1 is 1.50 bits per heavy atom. The molecule has 2 nitrogen and oxygen atoms in total. The summed E-state index contributed by atoms with van der Waals surface area (Å²) in [6, 6.07) is 0. The molecule has 0 spiro atoms. The average Bonchev–Trinajstić information content (AvgIpc) is 1.21. The van der Waals surface area contributed by atoms with E-state index in [0.29, 0.717) is 0 Å². The summed E-state index contributed by atoms with van der Waals surface area (Å²) in [4.78, 5) is 0. The third-order valence-electron chi connectivity index (χ3n) is 0.600. The molecule has 0 aromatic heterocycles. The molecule has 0 aromatic carbocycles. The van der Waals surface area contributed by atoms with Gasteiger partial charge in [-0.1, -0.05) is 0 Å². The van der Waals surface area contributed by atoms with E-state index in [2.05, 4.69) is 12.2 Å². The van der Waals surface area contributed by atoms with E-state index in [9.17, 15) is 0 Å². The fourth-order valence-electron chi connectivity index (χ4n) is 0.500. The molecular weight excluding hydrogens is 102 g/mol. The molecule has 0 fully saturated rings. The molecule has 0 saturated carbocycles. The highest BCUT2D eigenvalue weighted by Gasteiger charge is 2.10. The molecule has 2 heteroatoms. The lowest BCUT2D eigenvalue weighted by Gasteiger charge is -2.22. The van der Waals surface area contributed by atoms with Crippen molar-refractivity contribution in [2.75, 3.05) is 0 Å². The summed E-state index contributed by atoms with van der Waals surface area (Å²) >= 11 is 0. The fraction of sp³-hybridized carbons (Fsp3) is 0.833. The summed E-state index contributed by atoms with van der Waals surface area (Å²) in [5.41, 5.74) is -0.0405. The molecule has 1 atom stereocenters. The molecule has 49 valence electrons. The second-order valence-corrected chi connectivity index (χ2v) is 2.91. The van der Waals surface area contributed by atoms with E-state index >= 15 is 0 Å². The zero-order valence-electron chi connectivity index (χ0n) is 5.73. The van der Waals surface area contributed by atoms with Crippen LogP contribution in [0.15, 0.2) is 0 Å². The summed E-state index contributed by atoms with van der Waals surface area (Å²) in [7, 11) is 0. The lowest BCUT2D eigenvalue weighted by Crippen LogP contribution is -2.42. The molecule has 0 aliphatic rings. The third kappa shape index (κ3) is 5.92. The van der Waals surface area contributed by atoms with Crippen LogP contribution in [-0.4, -0.2) is 16.9 Å². The van der Waals surface area contributed by atoms with E-state index in [1.807, 2.05) is 20.8 Å². The standard InChI is InChI=1S/C6H14NO/c1-5(8)7-6(2,3)4/h5,7-8H,1H2,2-4H3. The summed E-state index contributed by atoms with van der Waals surface area (Å²) in [6.07, 6.45) is -0.657. The Bertz CT molecular complexity index is 63.4. The van der Waals surface area contributed by atoms with Crippen molar-refractivity contribution >= 4 is 0 Å². The van der Waals surface area contributed by atoms with Gasteiger partial charge in [0.1, 0.15) is 6.23 Å². The molecule has 0 aliphatic carbocycles. The number of hydrogen-bond donors (Lipinski definition) is 2. The highest BCUT2D eigenvalue weighted by Crippen LogP contribution is 1.98. The van der Waals surface area contributed by atoms with Crippen molar-refractivity contribution in [2.45, 2.75) is 32.5 Å². The molecule has 0 aliphatic heterocycles. The summed E-state index contributed by atoms with van der Waals surface area (Å²) in [6.45, 7) is 9.29. The maximum absolute atomic E-state index is 8.67. The van der Waals surface area contributed by atoms with Gasteiger partial charge in [0.2, 0.25) is 0 Å². The van der Waals surface area contributed by atoms with Crippen molar-refractivity contribution in [1.82, 2.24) is 5.32 Å². The van der Waals surface area contributed by atoms with Gasteiger partial charge in [0, 0.05) is 5.54 Å². The van der Waals surface area contributed by atoms with Crippen LogP contribution < -0.4 is 5.32 Å². The van der Waals surface area contributed by atoms with E-state index in [4.69, 9.17) is 5.11 Å². The van der Waals surface area contributed by atoms with E-state index in [1.165, 1.54) is 0 Å². The molecule has 0 heterocycles. The fourth-order valence-corrected chi connectivity index (χ4v) is 0.500. The summed E-state index contributed by atoms with van der Waals surface area (Å²) in [5, 5.41) is 11.5. The summed E-state index contributed by atoms with van der Waals surface area (Å²) in [5.74, 6) is 0. The number of rotatable bonds is 1. The lowest BCUT2D eigenvalue weighted by atomic mass is 10.1. The first-order chi connectivity index (χ1) is 3.42. The highest BCUT2D eigenvalue weighted by molar-refractivity contribution is 4.72. The maximum Gasteiger partial charge on any atom is 0.105 e. The molecular formula is C6H14NO. The Morgan fingerprint density at radius 3 is 1.88 bits per heavy atom. The van der Waals surface area contributed by atoms with Gasteiger partial charge in [0.15, 0.2) is 0 Å². The maximum atomic E-state index is 8.67. The van der Waals surface area contributed by atoms with Crippen LogP contribution in [0.25, 0.3) is 0 Å². The van der Waals surface area contributed by atoms with Gasteiger partial charge in [-0.15, -0.1) is 0 Å². The van der Waals surface area contributed by atoms with Crippen LogP contribution in [0.1, 0.15) is 20.8 Å². The van der Waals surface area contributed by atoms with Gasteiger partial charge in [0.05, 0.1) is 0 Å².